The maximum atomic E-state index is 14.1. The Morgan fingerprint density at radius 2 is 2.24 bits per heavy atom. The first-order valence-electron chi connectivity index (χ1n) is 6.84. The first-order chi connectivity index (χ1) is 10.0. The molecule has 1 aromatic carbocycles. The van der Waals surface area contributed by atoms with Crippen LogP contribution in [-0.2, 0) is 16.1 Å². The van der Waals surface area contributed by atoms with E-state index in [0.717, 1.165) is 18.9 Å². The smallest absolute Gasteiger partial charge is 0.320 e. The van der Waals surface area contributed by atoms with Crippen molar-refractivity contribution in [3.8, 4) is 0 Å². The third-order valence-electron chi connectivity index (χ3n) is 3.33. The number of ether oxygens (including phenoxy) is 1. The average molecular weight is 296 g/mol. The van der Waals surface area contributed by atoms with Gasteiger partial charge < -0.3 is 4.74 Å². The van der Waals surface area contributed by atoms with E-state index in [1.807, 2.05) is 0 Å². The van der Waals surface area contributed by atoms with Crippen molar-refractivity contribution < 1.29 is 18.8 Å². The van der Waals surface area contributed by atoms with E-state index in [2.05, 4.69) is 0 Å². The first kappa shape index (κ1) is 15.4. The molecular formula is C14H17FN2O4. The summed E-state index contributed by atoms with van der Waals surface area (Å²) in [6.45, 7) is 2.25. The van der Waals surface area contributed by atoms with Gasteiger partial charge >= 0.3 is 11.7 Å². The zero-order valence-electron chi connectivity index (χ0n) is 11.8. The monoisotopic (exact) mass is 296 g/mol. The van der Waals surface area contributed by atoms with E-state index >= 15 is 0 Å². The molecule has 1 aliphatic carbocycles. The van der Waals surface area contributed by atoms with Crippen LogP contribution in [0.5, 0.6) is 0 Å². The Kier molecular flexibility index (Phi) is 4.85. The van der Waals surface area contributed by atoms with E-state index < -0.39 is 16.4 Å². The van der Waals surface area contributed by atoms with Gasteiger partial charge in [0.1, 0.15) is 0 Å². The molecule has 0 bridgehead atoms. The molecule has 1 saturated carbocycles. The SMILES string of the molecule is CCOC(=O)CN(Cc1cccc([N+](=O)[O-])c1F)C1CC1. The van der Waals surface area contributed by atoms with Crippen LogP contribution in [0, 0.1) is 15.9 Å². The summed E-state index contributed by atoms with van der Waals surface area (Å²) in [5.41, 5.74) is -0.320. The molecule has 7 heteroatoms. The number of hydrogen-bond acceptors (Lipinski definition) is 5. The number of halogens is 1. The van der Waals surface area contributed by atoms with Gasteiger partial charge in [0.05, 0.1) is 18.1 Å². The number of nitro benzene ring substituents is 1. The third kappa shape index (κ3) is 3.98. The summed E-state index contributed by atoms with van der Waals surface area (Å²) in [7, 11) is 0. The van der Waals surface area contributed by atoms with E-state index in [9.17, 15) is 19.3 Å². The molecule has 1 aromatic rings. The van der Waals surface area contributed by atoms with Crippen LogP contribution in [0.3, 0.4) is 0 Å². The molecule has 0 aromatic heterocycles. The van der Waals surface area contributed by atoms with Crippen molar-refractivity contribution in [2.75, 3.05) is 13.2 Å². The largest absolute Gasteiger partial charge is 0.465 e. The Bertz CT molecular complexity index is 546. The van der Waals surface area contributed by atoms with Crippen LogP contribution in [0.2, 0.25) is 0 Å². The average Bonchev–Trinajstić information content (AvgIpc) is 3.24. The minimum Gasteiger partial charge on any atom is -0.465 e. The topological polar surface area (TPSA) is 72.7 Å². The maximum absolute atomic E-state index is 14.1. The summed E-state index contributed by atoms with van der Waals surface area (Å²) >= 11 is 0. The molecule has 6 nitrogen and oxygen atoms in total. The van der Waals surface area contributed by atoms with Gasteiger partial charge in [0, 0.05) is 24.2 Å². The highest BCUT2D eigenvalue weighted by Gasteiger charge is 2.32. The van der Waals surface area contributed by atoms with Crippen molar-refractivity contribution in [2.24, 2.45) is 0 Å². The van der Waals surface area contributed by atoms with E-state index in [4.69, 9.17) is 4.74 Å². The van der Waals surface area contributed by atoms with Crippen LogP contribution in [0.15, 0.2) is 18.2 Å². The zero-order chi connectivity index (χ0) is 15.4. The number of benzene rings is 1. The second-order valence-electron chi connectivity index (χ2n) is 4.95. The Balaban J connectivity index is 2.12. The van der Waals surface area contributed by atoms with Crippen LogP contribution in [0.4, 0.5) is 10.1 Å². The maximum Gasteiger partial charge on any atom is 0.320 e. The summed E-state index contributed by atoms with van der Waals surface area (Å²) in [6, 6.07) is 4.30. The number of nitro groups is 1. The summed E-state index contributed by atoms with van der Waals surface area (Å²) in [5.74, 6) is -1.20. The number of carbonyl (C=O) groups is 1. The number of hydrogen-bond donors (Lipinski definition) is 0. The van der Waals surface area contributed by atoms with Crippen molar-refractivity contribution >= 4 is 11.7 Å². The van der Waals surface area contributed by atoms with Crippen LogP contribution in [0.1, 0.15) is 25.3 Å². The third-order valence-corrected chi connectivity index (χ3v) is 3.33. The fraction of sp³-hybridized carbons (Fsp3) is 0.500. The normalized spacial score (nSPS) is 14.2. The molecule has 0 unspecified atom stereocenters. The van der Waals surface area contributed by atoms with Gasteiger partial charge in [-0.2, -0.15) is 4.39 Å². The quantitative estimate of drug-likeness (QED) is 0.438. The van der Waals surface area contributed by atoms with Gasteiger partial charge in [-0.05, 0) is 19.8 Å². The lowest BCUT2D eigenvalue weighted by atomic mass is 10.1. The van der Waals surface area contributed by atoms with Crippen molar-refractivity contribution in [1.82, 2.24) is 4.90 Å². The molecule has 0 heterocycles. The summed E-state index contributed by atoms with van der Waals surface area (Å²) in [6.07, 6.45) is 1.88. The molecular weight excluding hydrogens is 279 g/mol. The lowest BCUT2D eigenvalue weighted by molar-refractivity contribution is -0.387. The standard InChI is InChI=1S/C14H17FN2O4/c1-2-21-13(18)9-16(11-6-7-11)8-10-4-3-5-12(14(10)15)17(19)20/h3-5,11H,2,6-9H2,1H3. The van der Waals surface area contributed by atoms with E-state index in [1.54, 1.807) is 11.8 Å². The van der Waals surface area contributed by atoms with Gasteiger partial charge in [0.2, 0.25) is 5.82 Å². The Labute approximate surface area is 121 Å². The van der Waals surface area contributed by atoms with Crippen molar-refractivity contribution in [1.29, 1.82) is 0 Å². The molecule has 0 radical (unpaired) electrons. The van der Waals surface area contributed by atoms with Gasteiger partial charge in [0.15, 0.2) is 0 Å². The Morgan fingerprint density at radius 1 is 1.52 bits per heavy atom. The minimum atomic E-state index is -0.836. The molecule has 0 saturated heterocycles. The molecule has 1 aliphatic rings. The number of rotatable bonds is 7. The Morgan fingerprint density at radius 3 is 2.81 bits per heavy atom. The number of carbonyl (C=O) groups excluding carboxylic acids is 1. The molecule has 21 heavy (non-hydrogen) atoms. The van der Waals surface area contributed by atoms with Crippen molar-refractivity contribution in [3.63, 3.8) is 0 Å². The van der Waals surface area contributed by atoms with Crippen LogP contribution in [0.25, 0.3) is 0 Å². The molecule has 0 amide bonds. The van der Waals surface area contributed by atoms with Gasteiger partial charge in [-0.15, -0.1) is 0 Å². The van der Waals surface area contributed by atoms with Gasteiger partial charge in [-0.1, -0.05) is 12.1 Å². The highest BCUT2D eigenvalue weighted by Crippen LogP contribution is 2.29. The molecule has 0 spiro atoms. The van der Waals surface area contributed by atoms with Crippen LogP contribution in [-0.4, -0.2) is 35.0 Å². The van der Waals surface area contributed by atoms with Gasteiger partial charge in [-0.3, -0.25) is 19.8 Å². The second-order valence-corrected chi connectivity index (χ2v) is 4.95. The van der Waals surface area contributed by atoms with Crippen molar-refractivity contribution in [2.45, 2.75) is 32.4 Å². The van der Waals surface area contributed by atoms with Gasteiger partial charge in [0.25, 0.3) is 0 Å². The Hall–Kier alpha value is -2.02. The predicted molar refractivity (Wildman–Crippen MR) is 73.1 cm³/mol. The molecule has 0 atom stereocenters. The van der Waals surface area contributed by atoms with E-state index in [0.29, 0.717) is 6.61 Å². The first-order valence-corrected chi connectivity index (χ1v) is 6.84. The molecule has 0 N–H and O–H groups in total. The molecule has 2 rings (SSSR count). The molecule has 0 aliphatic heterocycles. The fourth-order valence-corrected chi connectivity index (χ4v) is 2.17. The summed E-state index contributed by atoms with van der Waals surface area (Å²) < 4.78 is 19.0. The minimum absolute atomic E-state index is 0.0701. The fourth-order valence-electron chi connectivity index (χ4n) is 2.17. The van der Waals surface area contributed by atoms with Crippen LogP contribution < -0.4 is 0 Å². The second kappa shape index (κ2) is 6.62. The van der Waals surface area contributed by atoms with Crippen LogP contribution >= 0.6 is 0 Å². The van der Waals surface area contributed by atoms with E-state index in [1.165, 1.54) is 12.1 Å². The lowest BCUT2D eigenvalue weighted by Gasteiger charge is -2.21. The summed E-state index contributed by atoms with van der Waals surface area (Å²) in [5, 5.41) is 10.7. The van der Waals surface area contributed by atoms with Crippen molar-refractivity contribution in [3.05, 3.63) is 39.7 Å². The highest BCUT2D eigenvalue weighted by atomic mass is 19.1. The zero-order valence-corrected chi connectivity index (χ0v) is 11.8. The number of nitrogens with zero attached hydrogens (tertiary/aromatic N) is 2. The molecule has 1 fully saturated rings. The number of esters is 1. The highest BCUT2D eigenvalue weighted by molar-refractivity contribution is 5.71. The van der Waals surface area contributed by atoms with E-state index in [-0.39, 0.29) is 30.7 Å². The summed E-state index contributed by atoms with van der Waals surface area (Å²) in [4.78, 5) is 23.4. The predicted octanol–water partition coefficient (Wildman–Crippen LogP) is 2.26. The molecule has 114 valence electrons. The van der Waals surface area contributed by atoms with Gasteiger partial charge in [-0.25, -0.2) is 0 Å². The lowest BCUT2D eigenvalue weighted by Crippen LogP contribution is -2.32.